The molecule has 0 spiro atoms. The zero-order valence-electron chi connectivity index (χ0n) is 13.0. The van der Waals surface area contributed by atoms with Crippen LogP contribution in [0.5, 0.6) is 5.75 Å². The summed E-state index contributed by atoms with van der Waals surface area (Å²) in [6.07, 6.45) is 1.66. The fourth-order valence-corrected chi connectivity index (χ4v) is 2.47. The second-order valence-electron chi connectivity index (χ2n) is 5.16. The summed E-state index contributed by atoms with van der Waals surface area (Å²) in [5.74, 6) is 1.22. The number of nitrogens with one attached hydrogen (secondary N) is 1. The summed E-state index contributed by atoms with van der Waals surface area (Å²) in [4.78, 5) is 18.9. The van der Waals surface area contributed by atoms with E-state index in [-0.39, 0.29) is 5.91 Å². The van der Waals surface area contributed by atoms with E-state index in [0.29, 0.717) is 30.2 Å². The Labute approximate surface area is 135 Å². The number of benzene rings is 1. The zero-order chi connectivity index (χ0) is 16.1. The number of anilines is 2. The Morgan fingerprint density at radius 3 is 2.70 bits per heavy atom. The maximum absolute atomic E-state index is 12.3. The minimum atomic E-state index is -0.219. The van der Waals surface area contributed by atoms with Gasteiger partial charge in [0.1, 0.15) is 11.6 Å². The molecule has 3 rings (SSSR count). The van der Waals surface area contributed by atoms with Gasteiger partial charge in [-0.15, -0.1) is 0 Å². The topological polar surface area (TPSA) is 63.7 Å². The Morgan fingerprint density at radius 1 is 1.22 bits per heavy atom. The SMILES string of the molecule is COc1ccccc1C(=O)Nc1ccc(N2CCOCC2)nc1. The summed E-state index contributed by atoms with van der Waals surface area (Å²) in [6, 6.07) is 10.9. The Bertz CT molecular complexity index is 667. The van der Waals surface area contributed by atoms with E-state index in [9.17, 15) is 4.79 Å². The number of amides is 1. The highest BCUT2D eigenvalue weighted by molar-refractivity contribution is 6.06. The van der Waals surface area contributed by atoms with Gasteiger partial charge in [-0.2, -0.15) is 0 Å². The van der Waals surface area contributed by atoms with Crippen LogP contribution < -0.4 is 15.0 Å². The quantitative estimate of drug-likeness (QED) is 0.937. The van der Waals surface area contributed by atoms with Crippen molar-refractivity contribution in [1.82, 2.24) is 4.98 Å². The number of hydrogen-bond donors (Lipinski definition) is 1. The van der Waals surface area contributed by atoms with Crippen LogP contribution in [0, 0.1) is 0 Å². The predicted octanol–water partition coefficient (Wildman–Crippen LogP) is 2.18. The summed E-state index contributed by atoms with van der Waals surface area (Å²) in [5.41, 5.74) is 1.14. The van der Waals surface area contributed by atoms with Crippen molar-refractivity contribution >= 4 is 17.4 Å². The predicted molar refractivity (Wildman–Crippen MR) is 88.2 cm³/mol. The summed E-state index contributed by atoms with van der Waals surface area (Å²) in [6.45, 7) is 3.10. The molecule has 0 unspecified atom stereocenters. The number of carbonyl (C=O) groups excluding carboxylic acids is 1. The van der Waals surface area contributed by atoms with Crippen LogP contribution in [0.25, 0.3) is 0 Å². The maximum Gasteiger partial charge on any atom is 0.259 e. The molecule has 1 aromatic heterocycles. The van der Waals surface area contributed by atoms with E-state index in [2.05, 4.69) is 15.2 Å². The van der Waals surface area contributed by atoms with Crippen molar-refractivity contribution in [2.24, 2.45) is 0 Å². The normalized spacial score (nSPS) is 14.4. The molecule has 1 amide bonds. The number of methoxy groups -OCH3 is 1. The van der Waals surface area contributed by atoms with Crippen molar-refractivity contribution < 1.29 is 14.3 Å². The molecular weight excluding hydrogens is 294 g/mol. The van der Waals surface area contributed by atoms with Gasteiger partial charge in [0.2, 0.25) is 0 Å². The first-order valence-corrected chi connectivity index (χ1v) is 7.51. The average Bonchev–Trinajstić information content (AvgIpc) is 2.63. The summed E-state index contributed by atoms with van der Waals surface area (Å²) >= 11 is 0. The van der Waals surface area contributed by atoms with E-state index in [4.69, 9.17) is 9.47 Å². The zero-order valence-corrected chi connectivity index (χ0v) is 13.0. The number of carbonyl (C=O) groups is 1. The molecule has 0 saturated carbocycles. The molecule has 1 aliphatic heterocycles. The van der Waals surface area contributed by atoms with E-state index < -0.39 is 0 Å². The molecule has 1 N–H and O–H groups in total. The second kappa shape index (κ2) is 7.11. The lowest BCUT2D eigenvalue weighted by Gasteiger charge is -2.27. The van der Waals surface area contributed by atoms with Gasteiger partial charge in [-0.1, -0.05) is 12.1 Å². The average molecular weight is 313 g/mol. The lowest BCUT2D eigenvalue weighted by molar-refractivity contribution is 0.102. The van der Waals surface area contributed by atoms with Crippen molar-refractivity contribution in [1.29, 1.82) is 0 Å². The number of pyridine rings is 1. The Balaban J connectivity index is 1.69. The van der Waals surface area contributed by atoms with E-state index in [1.807, 2.05) is 18.2 Å². The lowest BCUT2D eigenvalue weighted by atomic mass is 10.2. The van der Waals surface area contributed by atoms with E-state index in [1.54, 1.807) is 31.5 Å². The van der Waals surface area contributed by atoms with Crippen LogP contribution in [0.4, 0.5) is 11.5 Å². The van der Waals surface area contributed by atoms with Crippen LogP contribution >= 0.6 is 0 Å². The Kier molecular flexibility index (Phi) is 4.73. The van der Waals surface area contributed by atoms with E-state index >= 15 is 0 Å². The number of ether oxygens (including phenoxy) is 2. The smallest absolute Gasteiger partial charge is 0.259 e. The van der Waals surface area contributed by atoms with Gasteiger partial charge in [-0.3, -0.25) is 4.79 Å². The molecule has 1 saturated heterocycles. The van der Waals surface area contributed by atoms with Gasteiger partial charge in [-0.25, -0.2) is 4.98 Å². The lowest BCUT2D eigenvalue weighted by Crippen LogP contribution is -2.36. The molecule has 2 aromatic rings. The van der Waals surface area contributed by atoms with Gasteiger partial charge < -0.3 is 19.7 Å². The van der Waals surface area contributed by atoms with Crippen LogP contribution in [0.2, 0.25) is 0 Å². The number of hydrogen-bond acceptors (Lipinski definition) is 5. The molecule has 0 bridgehead atoms. The van der Waals surface area contributed by atoms with Gasteiger partial charge in [0.15, 0.2) is 0 Å². The van der Waals surface area contributed by atoms with E-state index in [1.165, 1.54) is 0 Å². The molecule has 2 heterocycles. The van der Waals surface area contributed by atoms with Gasteiger partial charge in [0.25, 0.3) is 5.91 Å². The van der Waals surface area contributed by atoms with Gasteiger partial charge in [0, 0.05) is 13.1 Å². The van der Waals surface area contributed by atoms with Crippen LogP contribution in [-0.2, 0) is 4.74 Å². The standard InChI is InChI=1S/C17H19N3O3/c1-22-15-5-3-2-4-14(15)17(21)19-13-6-7-16(18-12-13)20-8-10-23-11-9-20/h2-7,12H,8-11H2,1H3,(H,19,21). The van der Waals surface area contributed by atoms with E-state index in [0.717, 1.165) is 18.9 Å². The minimum absolute atomic E-state index is 0.219. The minimum Gasteiger partial charge on any atom is -0.496 e. The molecule has 6 nitrogen and oxygen atoms in total. The van der Waals surface area contributed by atoms with Crippen LogP contribution in [0.1, 0.15) is 10.4 Å². The number of para-hydroxylation sites is 1. The molecule has 0 radical (unpaired) electrons. The molecule has 0 aliphatic carbocycles. The monoisotopic (exact) mass is 313 g/mol. The number of rotatable bonds is 4. The summed E-state index contributed by atoms with van der Waals surface area (Å²) in [7, 11) is 1.55. The van der Waals surface area contributed by atoms with Crippen molar-refractivity contribution in [3.05, 3.63) is 48.2 Å². The summed E-state index contributed by atoms with van der Waals surface area (Å²) < 4.78 is 10.5. The second-order valence-corrected chi connectivity index (χ2v) is 5.16. The third-order valence-corrected chi connectivity index (χ3v) is 3.69. The Hall–Kier alpha value is -2.60. The Morgan fingerprint density at radius 2 is 2.00 bits per heavy atom. The molecule has 1 aromatic carbocycles. The van der Waals surface area contributed by atoms with Crippen LogP contribution in [0.15, 0.2) is 42.6 Å². The fourth-order valence-electron chi connectivity index (χ4n) is 2.47. The highest BCUT2D eigenvalue weighted by Crippen LogP contribution is 2.20. The molecular formula is C17H19N3O3. The summed E-state index contributed by atoms with van der Waals surface area (Å²) in [5, 5.41) is 2.84. The van der Waals surface area contributed by atoms with Crippen molar-refractivity contribution in [3.63, 3.8) is 0 Å². The van der Waals surface area contributed by atoms with Crippen LogP contribution in [0.3, 0.4) is 0 Å². The fraction of sp³-hybridized carbons (Fsp3) is 0.294. The molecule has 0 atom stereocenters. The first-order chi connectivity index (χ1) is 11.3. The molecule has 120 valence electrons. The van der Waals surface area contributed by atoms with Gasteiger partial charge in [0.05, 0.1) is 37.8 Å². The highest BCUT2D eigenvalue weighted by Gasteiger charge is 2.14. The van der Waals surface area contributed by atoms with Crippen LogP contribution in [-0.4, -0.2) is 44.3 Å². The molecule has 1 aliphatic rings. The first-order valence-electron chi connectivity index (χ1n) is 7.51. The highest BCUT2D eigenvalue weighted by atomic mass is 16.5. The first kappa shape index (κ1) is 15.3. The van der Waals surface area contributed by atoms with Gasteiger partial charge >= 0.3 is 0 Å². The third kappa shape index (κ3) is 3.60. The van der Waals surface area contributed by atoms with Crippen molar-refractivity contribution in [3.8, 4) is 5.75 Å². The molecule has 1 fully saturated rings. The largest absolute Gasteiger partial charge is 0.496 e. The molecule has 6 heteroatoms. The van der Waals surface area contributed by atoms with Gasteiger partial charge in [-0.05, 0) is 24.3 Å². The van der Waals surface area contributed by atoms with Crippen molar-refractivity contribution in [2.45, 2.75) is 0 Å². The maximum atomic E-state index is 12.3. The number of nitrogens with zero attached hydrogens (tertiary/aromatic N) is 2. The number of aromatic nitrogens is 1. The third-order valence-electron chi connectivity index (χ3n) is 3.69. The number of morpholine rings is 1. The molecule has 23 heavy (non-hydrogen) atoms. The van der Waals surface area contributed by atoms with Crippen molar-refractivity contribution in [2.75, 3.05) is 43.6 Å².